The maximum Gasteiger partial charge on any atom is 0.226 e. The van der Waals surface area contributed by atoms with E-state index in [1.54, 1.807) is 14.2 Å². The molecule has 6 heteroatoms. The number of aryl methyl sites for hydroxylation is 1. The second-order valence-electron chi connectivity index (χ2n) is 7.14. The Hall–Kier alpha value is -2.05. The SMILES string of the molecule is COc1ccc(-c2nc(CN3[C@H]4CCNC[C@@H]3CC4)c(C)o2)cc1OC. The van der Waals surface area contributed by atoms with Crippen molar-refractivity contribution in [1.82, 2.24) is 15.2 Å². The normalized spacial score (nSPS) is 23.0. The summed E-state index contributed by atoms with van der Waals surface area (Å²) < 4.78 is 16.7. The minimum Gasteiger partial charge on any atom is -0.493 e. The smallest absolute Gasteiger partial charge is 0.226 e. The fourth-order valence-corrected chi connectivity index (χ4v) is 4.18. The van der Waals surface area contributed by atoms with E-state index in [-0.39, 0.29) is 0 Å². The van der Waals surface area contributed by atoms with Crippen LogP contribution in [-0.2, 0) is 6.54 Å². The molecule has 1 aromatic heterocycles. The number of methoxy groups -OCH3 is 2. The molecule has 2 aromatic rings. The summed E-state index contributed by atoms with van der Waals surface area (Å²) in [5.41, 5.74) is 1.94. The fraction of sp³-hybridized carbons (Fsp3) is 0.550. The van der Waals surface area contributed by atoms with Gasteiger partial charge in [-0.25, -0.2) is 4.98 Å². The number of oxazole rings is 1. The molecule has 0 radical (unpaired) electrons. The Bertz CT molecular complexity index is 760. The first kappa shape index (κ1) is 17.4. The number of nitrogens with zero attached hydrogens (tertiary/aromatic N) is 2. The van der Waals surface area contributed by atoms with Gasteiger partial charge in [0, 0.05) is 30.7 Å². The van der Waals surface area contributed by atoms with E-state index in [0.717, 1.165) is 36.7 Å². The van der Waals surface area contributed by atoms with Gasteiger partial charge in [-0.15, -0.1) is 0 Å². The molecule has 2 saturated heterocycles. The van der Waals surface area contributed by atoms with Crippen LogP contribution < -0.4 is 14.8 Å². The van der Waals surface area contributed by atoms with Gasteiger partial charge in [-0.3, -0.25) is 4.90 Å². The van der Waals surface area contributed by atoms with E-state index < -0.39 is 0 Å². The van der Waals surface area contributed by atoms with Crippen molar-refractivity contribution in [2.45, 2.75) is 44.8 Å². The van der Waals surface area contributed by atoms with Crippen molar-refractivity contribution in [3.8, 4) is 23.0 Å². The number of rotatable bonds is 5. The number of nitrogens with one attached hydrogen (secondary N) is 1. The van der Waals surface area contributed by atoms with Crippen molar-refractivity contribution in [2.75, 3.05) is 27.3 Å². The van der Waals surface area contributed by atoms with Crippen molar-refractivity contribution >= 4 is 0 Å². The van der Waals surface area contributed by atoms with E-state index in [2.05, 4.69) is 10.2 Å². The lowest BCUT2D eigenvalue weighted by atomic mass is 10.1. The quantitative estimate of drug-likeness (QED) is 0.888. The lowest BCUT2D eigenvalue weighted by Crippen LogP contribution is -2.37. The van der Waals surface area contributed by atoms with Crippen LogP contribution in [0.25, 0.3) is 11.5 Å². The third-order valence-corrected chi connectivity index (χ3v) is 5.66. The molecule has 0 unspecified atom stereocenters. The maximum atomic E-state index is 5.99. The van der Waals surface area contributed by atoms with Gasteiger partial charge in [0.2, 0.25) is 5.89 Å². The molecule has 1 aromatic carbocycles. The van der Waals surface area contributed by atoms with Crippen molar-refractivity contribution in [1.29, 1.82) is 0 Å². The standard InChI is InChI=1S/C20H27N3O3/c1-13-17(12-23-15-5-6-16(23)11-21-9-8-15)22-20(26-13)14-4-7-18(24-2)19(10-14)25-3/h4,7,10,15-16,21H,5-6,8-9,11-12H2,1-3H3/t15-,16+/m1/s1. The highest BCUT2D eigenvalue weighted by atomic mass is 16.5. The van der Waals surface area contributed by atoms with Crippen LogP contribution in [-0.4, -0.2) is 49.3 Å². The van der Waals surface area contributed by atoms with Crippen molar-refractivity contribution in [3.63, 3.8) is 0 Å². The van der Waals surface area contributed by atoms with Crippen molar-refractivity contribution in [2.24, 2.45) is 0 Å². The number of hydrogen-bond donors (Lipinski definition) is 1. The van der Waals surface area contributed by atoms with Crippen LogP contribution in [0.5, 0.6) is 11.5 Å². The molecule has 2 aliphatic rings. The summed E-state index contributed by atoms with van der Waals surface area (Å²) in [5, 5.41) is 3.55. The zero-order chi connectivity index (χ0) is 18.1. The van der Waals surface area contributed by atoms with Gasteiger partial charge in [0.25, 0.3) is 0 Å². The van der Waals surface area contributed by atoms with Gasteiger partial charge in [-0.1, -0.05) is 0 Å². The number of benzene rings is 1. The Kier molecular flexibility index (Phi) is 4.87. The van der Waals surface area contributed by atoms with Gasteiger partial charge in [0.1, 0.15) is 5.76 Å². The van der Waals surface area contributed by atoms with Crippen LogP contribution in [0.4, 0.5) is 0 Å². The molecule has 2 aliphatic heterocycles. The minimum absolute atomic E-state index is 0.614. The molecule has 6 nitrogen and oxygen atoms in total. The van der Waals surface area contributed by atoms with Gasteiger partial charge in [0.15, 0.2) is 11.5 Å². The van der Waals surface area contributed by atoms with Gasteiger partial charge in [-0.2, -0.15) is 0 Å². The molecule has 0 amide bonds. The zero-order valence-electron chi connectivity index (χ0n) is 15.7. The average molecular weight is 357 g/mol. The lowest BCUT2D eigenvalue weighted by molar-refractivity contribution is 0.190. The third kappa shape index (κ3) is 3.19. The van der Waals surface area contributed by atoms with E-state index in [0.29, 0.717) is 29.5 Å². The van der Waals surface area contributed by atoms with Crippen LogP contribution in [0.15, 0.2) is 22.6 Å². The summed E-state index contributed by atoms with van der Waals surface area (Å²) in [4.78, 5) is 7.42. The van der Waals surface area contributed by atoms with Crippen LogP contribution in [0.1, 0.15) is 30.7 Å². The Morgan fingerprint density at radius 1 is 1.15 bits per heavy atom. The topological polar surface area (TPSA) is 59.8 Å². The molecule has 0 saturated carbocycles. The molecule has 26 heavy (non-hydrogen) atoms. The molecule has 4 rings (SSSR count). The summed E-state index contributed by atoms with van der Waals surface area (Å²) in [6.07, 6.45) is 3.79. The molecule has 0 spiro atoms. The van der Waals surface area contributed by atoms with Gasteiger partial charge in [-0.05, 0) is 50.9 Å². The average Bonchev–Trinajstić information content (AvgIpc) is 3.13. The highest BCUT2D eigenvalue weighted by Crippen LogP contribution is 2.34. The van der Waals surface area contributed by atoms with E-state index in [1.807, 2.05) is 25.1 Å². The van der Waals surface area contributed by atoms with Crippen LogP contribution in [0.3, 0.4) is 0 Å². The number of aromatic nitrogens is 1. The Balaban J connectivity index is 1.58. The minimum atomic E-state index is 0.614. The Morgan fingerprint density at radius 2 is 1.96 bits per heavy atom. The summed E-state index contributed by atoms with van der Waals surface area (Å²) in [6, 6.07) is 7.02. The summed E-state index contributed by atoms with van der Waals surface area (Å²) >= 11 is 0. The molecule has 140 valence electrons. The molecular formula is C20H27N3O3. The first-order valence-corrected chi connectivity index (χ1v) is 9.34. The second kappa shape index (κ2) is 7.29. The molecular weight excluding hydrogens is 330 g/mol. The van der Waals surface area contributed by atoms with Crippen LogP contribution in [0, 0.1) is 6.92 Å². The fourth-order valence-electron chi connectivity index (χ4n) is 4.18. The molecule has 1 N–H and O–H groups in total. The predicted molar refractivity (Wildman–Crippen MR) is 99.6 cm³/mol. The third-order valence-electron chi connectivity index (χ3n) is 5.66. The first-order valence-electron chi connectivity index (χ1n) is 9.34. The maximum absolute atomic E-state index is 5.99. The van der Waals surface area contributed by atoms with Crippen LogP contribution >= 0.6 is 0 Å². The van der Waals surface area contributed by atoms with Crippen molar-refractivity contribution < 1.29 is 13.9 Å². The Morgan fingerprint density at radius 3 is 2.77 bits per heavy atom. The number of hydrogen-bond acceptors (Lipinski definition) is 6. The highest BCUT2D eigenvalue weighted by molar-refractivity contribution is 5.60. The van der Waals surface area contributed by atoms with Gasteiger partial charge < -0.3 is 19.2 Å². The molecule has 0 aliphatic carbocycles. The number of fused-ring (bicyclic) bond motifs is 2. The van der Waals surface area contributed by atoms with E-state index >= 15 is 0 Å². The largest absolute Gasteiger partial charge is 0.493 e. The van der Waals surface area contributed by atoms with E-state index in [9.17, 15) is 0 Å². The number of ether oxygens (including phenoxy) is 2. The second-order valence-corrected chi connectivity index (χ2v) is 7.14. The zero-order valence-corrected chi connectivity index (χ0v) is 15.7. The van der Waals surface area contributed by atoms with Gasteiger partial charge in [0.05, 0.1) is 19.9 Å². The lowest BCUT2D eigenvalue weighted by Gasteiger charge is -2.26. The molecule has 3 heterocycles. The molecule has 2 bridgehead atoms. The van der Waals surface area contributed by atoms with Gasteiger partial charge >= 0.3 is 0 Å². The predicted octanol–water partition coefficient (Wildman–Crippen LogP) is 2.99. The molecule has 2 atom stereocenters. The molecule has 2 fully saturated rings. The highest BCUT2D eigenvalue weighted by Gasteiger charge is 2.35. The monoisotopic (exact) mass is 357 g/mol. The first-order chi connectivity index (χ1) is 12.7. The summed E-state index contributed by atoms with van der Waals surface area (Å²) in [7, 11) is 3.27. The van der Waals surface area contributed by atoms with E-state index in [1.165, 1.54) is 19.3 Å². The van der Waals surface area contributed by atoms with Crippen molar-refractivity contribution in [3.05, 3.63) is 29.7 Å². The summed E-state index contributed by atoms with van der Waals surface area (Å²) in [5.74, 6) is 2.91. The van der Waals surface area contributed by atoms with E-state index in [4.69, 9.17) is 18.9 Å². The summed E-state index contributed by atoms with van der Waals surface area (Å²) in [6.45, 7) is 5.06. The Labute approximate surface area is 154 Å². The van der Waals surface area contributed by atoms with Crippen LogP contribution in [0.2, 0.25) is 0 Å².